The SMILES string of the molecule is CC(=O)Nc1ccc(-c2cnc3c(N4CCOCC4)nc(-c4cnc(N)nc4)nc3c2)cc1. The Hall–Kier alpha value is -4.18. The number of amides is 1. The molecule has 10 nitrogen and oxygen atoms in total. The van der Waals surface area contributed by atoms with Crippen molar-refractivity contribution in [3.8, 4) is 22.5 Å². The Morgan fingerprint density at radius 1 is 0.970 bits per heavy atom. The summed E-state index contributed by atoms with van der Waals surface area (Å²) in [5, 5.41) is 2.77. The number of pyridine rings is 1. The molecule has 10 heteroatoms. The zero-order valence-electron chi connectivity index (χ0n) is 18.0. The first kappa shape index (κ1) is 20.7. The zero-order valence-corrected chi connectivity index (χ0v) is 18.0. The Morgan fingerprint density at radius 2 is 1.67 bits per heavy atom. The number of aromatic nitrogens is 5. The van der Waals surface area contributed by atoms with Crippen molar-refractivity contribution in [1.29, 1.82) is 0 Å². The van der Waals surface area contributed by atoms with Gasteiger partial charge >= 0.3 is 0 Å². The average Bonchev–Trinajstić information content (AvgIpc) is 2.84. The van der Waals surface area contributed by atoms with Gasteiger partial charge in [-0.05, 0) is 23.8 Å². The zero-order chi connectivity index (χ0) is 22.8. The Balaban J connectivity index is 1.60. The van der Waals surface area contributed by atoms with Gasteiger partial charge in [-0.2, -0.15) is 0 Å². The molecule has 33 heavy (non-hydrogen) atoms. The molecule has 0 radical (unpaired) electrons. The van der Waals surface area contributed by atoms with Crippen LogP contribution in [-0.4, -0.2) is 57.1 Å². The smallest absolute Gasteiger partial charge is 0.221 e. The molecule has 1 fully saturated rings. The lowest BCUT2D eigenvalue weighted by Crippen LogP contribution is -2.37. The Labute approximate surface area is 189 Å². The highest BCUT2D eigenvalue weighted by atomic mass is 16.5. The molecule has 0 aliphatic carbocycles. The van der Waals surface area contributed by atoms with E-state index in [0.29, 0.717) is 30.1 Å². The summed E-state index contributed by atoms with van der Waals surface area (Å²) in [6.45, 7) is 4.18. The minimum Gasteiger partial charge on any atom is -0.378 e. The number of benzene rings is 1. The number of nitrogens with one attached hydrogen (secondary N) is 1. The number of nitrogen functional groups attached to an aromatic ring is 1. The van der Waals surface area contributed by atoms with Gasteiger partial charge in [-0.3, -0.25) is 9.78 Å². The molecule has 3 N–H and O–H groups in total. The maximum atomic E-state index is 11.3. The third kappa shape index (κ3) is 4.41. The van der Waals surface area contributed by atoms with Crippen LogP contribution in [0.5, 0.6) is 0 Å². The quantitative estimate of drug-likeness (QED) is 0.489. The normalized spacial score (nSPS) is 13.8. The van der Waals surface area contributed by atoms with Gasteiger partial charge in [-0.25, -0.2) is 19.9 Å². The van der Waals surface area contributed by atoms with E-state index in [4.69, 9.17) is 25.4 Å². The molecule has 0 spiro atoms. The summed E-state index contributed by atoms with van der Waals surface area (Å²) in [7, 11) is 0. The van der Waals surface area contributed by atoms with Crippen LogP contribution in [0.2, 0.25) is 0 Å². The van der Waals surface area contributed by atoms with Gasteiger partial charge < -0.3 is 20.7 Å². The van der Waals surface area contributed by atoms with Gasteiger partial charge in [0.15, 0.2) is 11.6 Å². The van der Waals surface area contributed by atoms with Crippen molar-refractivity contribution in [2.45, 2.75) is 6.92 Å². The summed E-state index contributed by atoms with van der Waals surface area (Å²) in [4.78, 5) is 35.9. The Kier molecular flexibility index (Phi) is 5.49. The van der Waals surface area contributed by atoms with Crippen LogP contribution in [0.25, 0.3) is 33.5 Å². The van der Waals surface area contributed by atoms with Crippen LogP contribution in [0.1, 0.15) is 6.92 Å². The van der Waals surface area contributed by atoms with Gasteiger partial charge in [0.05, 0.1) is 24.3 Å². The predicted molar refractivity (Wildman–Crippen MR) is 126 cm³/mol. The second-order valence-corrected chi connectivity index (χ2v) is 7.65. The largest absolute Gasteiger partial charge is 0.378 e. The molecule has 3 aromatic heterocycles. The fourth-order valence-corrected chi connectivity index (χ4v) is 3.69. The maximum Gasteiger partial charge on any atom is 0.221 e. The van der Waals surface area contributed by atoms with E-state index < -0.39 is 0 Å². The fraction of sp³-hybridized carbons (Fsp3) is 0.217. The molecular formula is C23H22N8O2. The molecule has 5 rings (SSSR count). The lowest BCUT2D eigenvalue weighted by Gasteiger charge is -2.28. The monoisotopic (exact) mass is 442 g/mol. The lowest BCUT2D eigenvalue weighted by molar-refractivity contribution is -0.114. The topological polar surface area (TPSA) is 132 Å². The van der Waals surface area contributed by atoms with E-state index in [9.17, 15) is 4.79 Å². The average molecular weight is 442 g/mol. The maximum absolute atomic E-state index is 11.3. The van der Waals surface area contributed by atoms with Crippen molar-refractivity contribution in [2.75, 3.05) is 42.3 Å². The molecule has 1 amide bonds. The summed E-state index contributed by atoms with van der Waals surface area (Å²) in [5.74, 6) is 1.34. The number of rotatable bonds is 4. The number of hydrogen-bond donors (Lipinski definition) is 2. The predicted octanol–water partition coefficient (Wildman–Crippen LogP) is 2.53. The third-order valence-electron chi connectivity index (χ3n) is 5.30. The van der Waals surface area contributed by atoms with Crippen molar-refractivity contribution in [3.05, 3.63) is 48.9 Å². The number of nitrogens with two attached hydrogens (primary N) is 1. The van der Waals surface area contributed by atoms with Crippen molar-refractivity contribution in [2.24, 2.45) is 0 Å². The van der Waals surface area contributed by atoms with Crippen molar-refractivity contribution < 1.29 is 9.53 Å². The molecule has 0 bridgehead atoms. The first-order chi connectivity index (χ1) is 16.1. The van der Waals surface area contributed by atoms with Crippen LogP contribution in [-0.2, 0) is 9.53 Å². The molecule has 4 heterocycles. The number of carbonyl (C=O) groups excluding carboxylic acids is 1. The van der Waals surface area contributed by atoms with E-state index in [-0.39, 0.29) is 11.9 Å². The van der Waals surface area contributed by atoms with E-state index in [0.717, 1.165) is 41.2 Å². The van der Waals surface area contributed by atoms with Crippen LogP contribution in [0.3, 0.4) is 0 Å². The van der Waals surface area contributed by atoms with Gasteiger partial charge in [0.1, 0.15) is 5.52 Å². The van der Waals surface area contributed by atoms with Crippen LogP contribution < -0.4 is 16.0 Å². The van der Waals surface area contributed by atoms with Gasteiger partial charge in [0.25, 0.3) is 0 Å². The molecule has 0 unspecified atom stereocenters. The number of nitrogens with zero attached hydrogens (tertiary/aromatic N) is 6. The van der Waals surface area contributed by atoms with Crippen molar-refractivity contribution in [3.63, 3.8) is 0 Å². The third-order valence-corrected chi connectivity index (χ3v) is 5.30. The summed E-state index contributed by atoms with van der Waals surface area (Å²) >= 11 is 0. The second kappa shape index (κ2) is 8.75. The molecule has 166 valence electrons. The number of anilines is 3. The van der Waals surface area contributed by atoms with Gasteiger partial charge in [-0.1, -0.05) is 12.1 Å². The highest BCUT2D eigenvalue weighted by molar-refractivity contribution is 5.91. The molecule has 4 aromatic rings. The van der Waals surface area contributed by atoms with Crippen molar-refractivity contribution >= 4 is 34.4 Å². The molecule has 1 aromatic carbocycles. The van der Waals surface area contributed by atoms with Gasteiger partial charge in [0, 0.05) is 49.9 Å². The molecule has 0 atom stereocenters. The van der Waals surface area contributed by atoms with E-state index in [1.807, 2.05) is 36.5 Å². The highest BCUT2D eigenvalue weighted by Crippen LogP contribution is 2.30. The lowest BCUT2D eigenvalue weighted by atomic mass is 10.1. The summed E-state index contributed by atoms with van der Waals surface area (Å²) < 4.78 is 5.51. The molecule has 0 saturated carbocycles. The Bertz CT molecular complexity index is 1300. The first-order valence-corrected chi connectivity index (χ1v) is 10.5. The number of hydrogen-bond acceptors (Lipinski definition) is 9. The summed E-state index contributed by atoms with van der Waals surface area (Å²) in [6, 6.07) is 9.58. The highest BCUT2D eigenvalue weighted by Gasteiger charge is 2.20. The van der Waals surface area contributed by atoms with E-state index >= 15 is 0 Å². The van der Waals surface area contributed by atoms with E-state index in [1.165, 1.54) is 6.92 Å². The van der Waals surface area contributed by atoms with Gasteiger partial charge in [0.2, 0.25) is 11.9 Å². The van der Waals surface area contributed by atoms with Crippen molar-refractivity contribution in [1.82, 2.24) is 24.9 Å². The number of ether oxygens (including phenoxy) is 1. The summed E-state index contributed by atoms with van der Waals surface area (Å²) in [6.07, 6.45) is 5.05. The minimum absolute atomic E-state index is 0.110. The summed E-state index contributed by atoms with van der Waals surface area (Å²) in [5.41, 5.74) is 10.3. The van der Waals surface area contributed by atoms with E-state index in [2.05, 4.69) is 20.2 Å². The Morgan fingerprint density at radius 3 is 2.36 bits per heavy atom. The van der Waals surface area contributed by atoms with Crippen LogP contribution in [0.4, 0.5) is 17.5 Å². The fourth-order valence-electron chi connectivity index (χ4n) is 3.69. The van der Waals surface area contributed by atoms with Gasteiger partial charge in [-0.15, -0.1) is 0 Å². The van der Waals surface area contributed by atoms with Crippen LogP contribution in [0, 0.1) is 0 Å². The van der Waals surface area contributed by atoms with E-state index in [1.54, 1.807) is 12.4 Å². The van der Waals surface area contributed by atoms with Crippen LogP contribution in [0.15, 0.2) is 48.9 Å². The standard InChI is InChI=1S/C23H22N8O2/c1-14(32)28-18-4-2-15(3-5-18)16-10-19-20(25-11-16)22(31-6-8-33-9-7-31)30-21(29-19)17-12-26-23(24)27-13-17/h2-5,10-13H,6-9H2,1H3,(H,28,32)(H2,24,26,27). The molecule has 1 saturated heterocycles. The van der Waals surface area contributed by atoms with Crippen LogP contribution >= 0.6 is 0 Å². The minimum atomic E-state index is -0.110. The number of carbonyl (C=O) groups is 1. The first-order valence-electron chi connectivity index (χ1n) is 10.5. The number of morpholine rings is 1. The molecule has 1 aliphatic heterocycles. The molecular weight excluding hydrogens is 420 g/mol. The second-order valence-electron chi connectivity index (χ2n) is 7.65. The number of fused-ring (bicyclic) bond motifs is 1. The molecule has 1 aliphatic rings.